The van der Waals surface area contributed by atoms with E-state index in [1.165, 1.54) is 0 Å². The van der Waals surface area contributed by atoms with Gasteiger partial charge in [-0.3, -0.25) is 4.98 Å². The number of anilines is 1. The second-order valence-electron chi connectivity index (χ2n) is 6.31. The zero-order chi connectivity index (χ0) is 19.3. The molecule has 7 nitrogen and oxygen atoms in total. The zero-order valence-electron chi connectivity index (χ0n) is 15.3. The van der Waals surface area contributed by atoms with Gasteiger partial charge in [-0.25, -0.2) is 14.8 Å². The monoisotopic (exact) mass is 370 g/mol. The number of aromatic amines is 1. The van der Waals surface area contributed by atoms with Gasteiger partial charge < -0.3 is 15.0 Å². The molecule has 0 bridgehead atoms. The van der Waals surface area contributed by atoms with E-state index in [9.17, 15) is 0 Å². The van der Waals surface area contributed by atoms with E-state index in [1.807, 2.05) is 42.7 Å². The summed E-state index contributed by atoms with van der Waals surface area (Å²) in [6.45, 7) is 7.79. The zero-order valence-corrected chi connectivity index (χ0v) is 15.3. The molecule has 4 aromatic rings. The van der Waals surface area contributed by atoms with Crippen molar-refractivity contribution in [1.82, 2.24) is 19.9 Å². The summed E-state index contributed by atoms with van der Waals surface area (Å²) in [4.78, 5) is 19.6. The van der Waals surface area contributed by atoms with Gasteiger partial charge in [0.25, 0.3) is 0 Å². The summed E-state index contributed by atoms with van der Waals surface area (Å²) in [5, 5.41) is 4.26. The Kier molecular flexibility index (Phi) is 4.85. The average molecular weight is 370 g/mol. The number of ether oxygens (including phenoxy) is 1. The summed E-state index contributed by atoms with van der Waals surface area (Å²) in [7, 11) is 1.60. The molecule has 138 valence electrons. The molecule has 0 atom stereocenters. The van der Waals surface area contributed by atoms with Crippen LogP contribution in [-0.2, 0) is 13.0 Å². The molecule has 0 amide bonds. The van der Waals surface area contributed by atoms with Crippen molar-refractivity contribution in [2.24, 2.45) is 0 Å². The summed E-state index contributed by atoms with van der Waals surface area (Å²) >= 11 is 0. The average Bonchev–Trinajstić information content (AvgIpc) is 3.15. The van der Waals surface area contributed by atoms with Crippen molar-refractivity contribution < 1.29 is 4.74 Å². The van der Waals surface area contributed by atoms with E-state index in [4.69, 9.17) is 11.3 Å². The summed E-state index contributed by atoms with van der Waals surface area (Å²) in [6, 6.07) is 9.68. The molecule has 28 heavy (non-hydrogen) atoms. The molecule has 0 aliphatic carbocycles. The molecule has 2 N–H and O–H groups in total. The van der Waals surface area contributed by atoms with E-state index < -0.39 is 0 Å². The van der Waals surface area contributed by atoms with Crippen LogP contribution in [-0.4, -0.2) is 27.0 Å². The molecule has 0 unspecified atom stereocenters. The Balaban J connectivity index is 1.42. The van der Waals surface area contributed by atoms with Gasteiger partial charge in [0, 0.05) is 49.2 Å². The predicted molar refractivity (Wildman–Crippen MR) is 108 cm³/mol. The lowest BCUT2D eigenvalue weighted by Crippen LogP contribution is -2.02. The first-order chi connectivity index (χ1) is 13.7. The van der Waals surface area contributed by atoms with Crippen molar-refractivity contribution in [1.29, 1.82) is 0 Å². The number of nitrogens with one attached hydrogen (secondary N) is 2. The summed E-state index contributed by atoms with van der Waals surface area (Å²) in [5.74, 6) is 1.40. The largest absolute Gasteiger partial charge is 0.481 e. The van der Waals surface area contributed by atoms with Crippen LogP contribution in [0.25, 0.3) is 15.9 Å². The van der Waals surface area contributed by atoms with Crippen LogP contribution in [0.3, 0.4) is 0 Å². The summed E-state index contributed by atoms with van der Waals surface area (Å²) < 4.78 is 5.06. The quantitative estimate of drug-likeness (QED) is 0.499. The number of methoxy groups -OCH3 is 1. The Morgan fingerprint density at radius 1 is 1.07 bits per heavy atom. The lowest BCUT2D eigenvalue weighted by Gasteiger charge is -2.07. The molecule has 4 aromatic heterocycles. The van der Waals surface area contributed by atoms with Crippen molar-refractivity contribution in [3.05, 3.63) is 83.2 Å². The van der Waals surface area contributed by atoms with Gasteiger partial charge in [-0.2, -0.15) is 0 Å². The van der Waals surface area contributed by atoms with E-state index in [2.05, 4.69) is 30.1 Å². The molecule has 0 aliphatic heterocycles. The summed E-state index contributed by atoms with van der Waals surface area (Å²) in [5.41, 5.74) is 4.57. The second kappa shape index (κ2) is 7.76. The van der Waals surface area contributed by atoms with Gasteiger partial charge >= 0.3 is 0 Å². The van der Waals surface area contributed by atoms with Crippen molar-refractivity contribution in [3.8, 4) is 5.88 Å². The van der Waals surface area contributed by atoms with Crippen molar-refractivity contribution in [2.45, 2.75) is 13.0 Å². The van der Waals surface area contributed by atoms with Crippen LogP contribution in [0.2, 0.25) is 0 Å². The molecule has 0 saturated heterocycles. The van der Waals surface area contributed by atoms with Gasteiger partial charge in [-0.15, -0.1) is 0 Å². The maximum absolute atomic E-state index is 7.16. The van der Waals surface area contributed by atoms with Gasteiger partial charge in [0.05, 0.1) is 13.7 Å². The first-order valence-corrected chi connectivity index (χ1v) is 8.76. The minimum absolute atomic E-state index is 0.541. The van der Waals surface area contributed by atoms with Crippen molar-refractivity contribution in [2.75, 3.05) is 12.4 Å². The highest BCUT2D eigenvalue weighted by atomic mass is 16.5. The van der Waals surface area contributed by atoms with Gasteiger partial charge in [0.1, 0.15) is 11.5 Å². The molecule has 4 rings (SSSR count). The predicted octanol–water partition coefficient (Wildman–Crippen LogP) is 4.12. The maximum atomic E-state index is 7.16. The molecule has 7 heteroatoms. The van der Waals surface area contributed by atoms with Gasteiger partial charge in [-0.05, 0) is 28.8 Å². The molecule has 0 fully saturated rings. The fourth-order valence-corrected chi connectivity index (χ4v) is 2.94. The number of hydrogen-bond donors (Lipinski definition) is 2. The fourth-order valence-electron chi connectivity index (χ4n) is 2.94. The normalized spacial score (nSPS) is 10.6. The molecule has 4 heterocycles. The molecular formula is C21H18N6O. The standard InChI is InChI=1S/C21H18N6O/c1-22-17-8-18-16(12-26-21(18)27-13-17)7-14-3-5-19(23-9-14)24-10-15-4-6-20(28-2)25-11-15/h3-6,8-9,11-13H,7,10H2,2H3,(H,23,24)(H,26,27). The van der Waals surface area contributed by atoms with Gasteiger partial charge in [-0.1, -0.05) is 12.1 Å². The molecule has 0 spiro atoms. The number of hydrogen-bond acceptors (Lipinski definition) is 5. The summed E-state index contributed by atoms with van der Waals surface area (Å²) in [6.07, 6.45) is 7.88. The lowest BCUT2D eigenvalue weighted by atomic mass is 10.1. The first-order valence-electron chi connectivity index (χ1n) is 8.76. The minimum atomic E-state index is 0.541. The second-order valence-corrected chi connectivity index (χ2v) is 6.31. The number of H-pyrrole nitrogens is 1. The number of rotatable bonds is 6. The highest BCUT2D eigenvalue weighted by molar-refractivity contribution is 5.83. The Morgan fingerprint density at radius 2 is 1.93 bits per heavy atom. The number of aromatic nitrogens is 4. The smallest absolute Gasteiger partial charge is 0.212 e. The fraction of sp³-hybridized carbons (Fsp3) is 0.143. The molecule has 0 aromatic carbocycles. The van der Waals surface area contributed by atoms with Crippen LogP contribution in [0.15, 0.2) is 55.1 Å². The van der Waals surface area contributed by atoms with Crippen LogP contribution in [0.1, 0.15) is 16.7 Å². The van der Waals surface area contributed by atoms with Crippen LogP contribution >= 0.6 is 0 Å². The van der Waals surface area contributed by atoms with Crippen molar-refractivity contribution >= 4 is 22.5 Å². The third kappa shape index (κ3) is 3.76. The van der Waals surface area contributed by atoms with Gasteiger partial charge in [0.15, 0.2) is 0 Å². The van der Waals surface area contributed by atoms with E-state index in [0.717, 1.165) is 40.0 Å². The minimum Gasteiger partial charge on any atom is -0.481 e. The van der Waals surface area contributed by atoms with E-state index in [0.29, 0.717) is 18.1 Å². The van der Waals surface area contributed by atoms with Crippen molar-refractivity contribution in [3.63, 3.8) is 0 Å². The van der Waals surface area contributed by atoms with Gasteiger partial charge in [0.2, 0.25) is 11.6 Å². The number of pyridine rings is 3. The maximum Gasteiger partial charge on any atom is 0.212 e. The third-order valence-electron chi connectivity index (χ3n) is 4.43. The lowest BCUT2D eigenvalue weighted by molar-refractivity contribution is 0.397. The number of nitrogens with zero attached hydrogens (tertiary/aromatic N) is 4. The highest BCUT2D eigenvalue weighted by Crippen LogP contribution is 2.24. The van der Waals surface area contributed by atoms with E-state index >= 15 is 0 Å². The topological polar surface area (TPSA) is 80.1 Å². The Morgan fingerprint density at radius 3 is 2.64 bits per heavy atom. The highest BCUT2D eigenvalue weighted by Gasteiger charge is 2.07. The SMILES string of the molecule is [C-]#[N+]c1cnc2[nH]cc(Cc3ccc(NCc4ccc(OC)nc4)nc3)c2c1. The molecular weight excluding hydrogens is 352 g/mol. The molecule has 0 radical (unpaired) electrons. The van der Waals surface area contributed by atoms with Crippen LogP contribution in [0, 0.1) is 6.57 Å². The third-order valence-corrected chi connectivity index (χ3v) is 4.43. The van der Waals surface area contributed by atoms with Crippen LogP contribution in [0.4, 0.5) is 11.5 Å². The Bertz CT molecular complexity index is 1130. The molecule has 0 saturated carbocycles. The van der Waals surface area contributed by atoms with E-state index in [1.54, 1.807) is 19.5 Å². The first kappa shape index (κ1) is 17.5. The van der Waals surface area contributed by atoms with Crippen LogP contribution in [0.5, 0.6) is 5.88 Å². The van der Waals surface area contributed by atoms with Crippen LogP contribution < -0.4 is 10.1 Å². The Hall–Kier alpha value is -3.92. The van der Waals surface area contributed by atoms with E-state index in [-0.39, 0.29) is 0 Å². The Labute approximate surface area is 162 Å². The molecule has 0 aliphatic rings. The number of fused-ring (bicyclic) bond motifs is 1.